The molecule has 0 saturated carbocycles. The second-order valence-corrected chi connectivity index (χ2v) is 28.3. The zero-order chi connectivity index (χ0) is 64.9. The van der Waals surface area contributed by atoms with E-state index in [1.165, 1.54) is 167 Å². The first kappa shape index (κ1) is 86.1. The largest absolute Gasteiger partial charge is 0.472 e. The summed E-state index contributed by atoms with van der Waals surface area (Å²) in [5.74, 6) is -1.39. The Morgan fingerprint density at radius 1 is 0.307 bits per heavy atom. The Bertz CT molecular complexity index is 1700. The number of aliphatic hydroxyl groups is 1. The van der Waals surface area contributed by atoms with Gasteiger partial charge < -0.3 is 33.8 Å². The van der Waals surface area contributed by atoms with Gasteiger partial charge in [0.1, 0.15) is 19.3 Å². The quantitative estimate of drug-likeness (QED) is 0.0222. The first-order chi connectivity index (χ1) is 42.5. The molecular formula is C69H134O17P2. The summed E-state index contributed by atoms with van der Waals surface area (Å²) >= 11 is 0. The first-order valence-electron chi connectivity index (χ1n) is 36.1. The van der Waals surface area contributed by atoms with E-state index in [1.807, 2.05) is 0 Å². The molecule has 0 aliphatic carbocycles. The third-order valence-corrected chi connectivity index (χ3v) is 17.9. The van der Waals surface area contributed by atoms with Crippen LogP contribution in [-0.2, 0) is 65.4 Å². The molecule has 0 rings (SSSR count). The topological polar surface area (TPSA) is 237 Å². The van der Waals surface area contributed by atoms with Gasteiger partial charge in [-0.25, -0.2) is 9.13 Å². The molecule has 0 aromatic carbocycles. The second kappa shape index (κ2) is 62.5. The molecule has 88 heavy (non-hydrogen) atoms. The highest BCUT2D eigenvalue weighted by molar-refractivity contribution is 7.47. The fraction of sp³-hybridized carbons (Fsp3) is 0.942. The Labute approximate surface area is 537 Å². The molecule has 0 spiro atoms. The first-order valence-corrected chi connectivity index (χ1v) is 39.1. The van der Waals surface area contributed by atoms with Crippen molar-refractivity contribution in [2.45, 2.75) is 374 Å². The van der Waals surface area contributed by atoms with Crippen LogP contribution in [0.5, 0.6) is 0 Å². The van der Waals surface area contributed by atoms with E-state index in [1.54, 1.807) is 0 Å². The molecule has 0 bridgehead atoms. The Morgan fingerprint density at radius 3 is 0.773 bits per heavy atom. The average Bonchev–Trinajstić information content (AvgIpc) is 3.60. The minimum atomic E-state index is -4.95. The molecule has 0 aromatic rings. The molecule has 0 aliphatic heterocycles. The van der Waals surface area contributed by atoms with E-state index in [0.29, 0.717) is 25.7 Å². The van der Waals surface area contributed by atoms with Crippen LogP contribution in [0.4, 0.5) is 0 Å². The highest BCUT2D eigenvalue weighted by atomic mass is 31.2. The maximum atomic E-state index is 13.0. The maximum Gasteiger partial charge on any atom is 0.472 e. The Kier molecular flexibility index (Phi) is 61.1. The SMILES string of the molecule is CCCCCCCCCCCCCCCCCCCCCCC(=O)O[C@H](COC(=O)CCCCCCCCCCCC(C)C)COP(=O)(O)OC[C@@H](O)COP(=O)(O)OC[C@@H](COC(=O)CCCCCCCCCC)OC(=O)CCCCCCCCCC. The predicted molar refractivity (Wildman–Crippen MR) is 354 cm³/mol. The monoisotopic (exact) mass is 1300 g/mol. The predicted octanol–water partition coefficient (Wildman–Crippen LogP) is 19.7. The lowest BCUT2D eigenvalue weighted by Crippen LogP contribution is -2.30. The molecule has 522 valence electrons. The normalized spacial score (nSPS) is 14.1. The van der Waals surface area contributed by atoms with Crippen LogP contribution < -0.4 is 0 Å². The Hall–Kier alpha value is -1.94. The number of ether oxygens (including phenoxy) is 4. The van der Waals surface area contributed by atoms with Crippen LogP contribution in [0.15, 0.2) is 0 Å². The summed E-state index contributed by atoms with van der Waals surface area (Å²) in [6.45, 7) is 7.16. The molecule has 0 aliphatic rings. The molecule has 5 atom stereocenters. The number of hydrogen-bond acceptors (Lipinski definition) is 15. The molecule has 0 aromatic heterocycles. The van der Waals surface area contributed by atoms with Crippen LogP contribution in [0.1, 0.15) is 356 Å². The molecule has 3 N–H and O–H groups in total. The van der Waals surface area contributed by atoms with Gasteiger partial charge in [0, 0.05) is 25.7 Å². The van der Waals surface area contributed by atoms with E-state index in [9.17, 15) is 43.2 Å². The third kappa shape index (κ3) is 62.8. The number of rotatable bonds is 69. The molecule has 0 amide bonds. The van der Waals surface area contributed by atoms with E-state index < -0.39 is 97.5 Å². The number of phosphoric acid groups is 2. The number of hydrogen-bond donors (Lipinski definition) is 3. The number of carbonyl (C=O) groups is 4. The summed E-state index contributed by atoms with van der Waals surface area (Å²) in [6.07, 6.45) is 48.9. The lowest BCUT2D eigenvalue weighted by atomic mass is 10.0. The van der Waals surface area contributed by atoms with Gasteiger partial charge in [0.25, 0.3) is 0 Å². The van der Waals surface area contributed by atoms with Gasteiger partial charge in [0.15, 0.2) is 12.2 Å². The van der Waals surface area contributed by atoms with Crippen LogP contribution in [0.25, 0.3) is 0 Å². The minimum absolute atomic E-state index is 0.105. The van der Waals surface area contributed by atoms with Gasteiger partial charge in [-0.2, -0.15) is 0 Å². The molecule has 2 unspecified atom stereocenters. The number of esters is 4. The highest BCUT2D eigenvalue weighted by Gasteiger charge is 2.30. The van der Waals surface area contributed by atoms with E-state index in [4.69, 9.17) is 37.0 Å². The molecule has 17 nitrogen and oxygen atoms in total. The highest BCUT2D eigenvalue weighted by Crippen LogP contribution is 2.45. The molecular weight excluding hydrogens is 1160 g/mol. The Balaban J connectivity index is 5.14. The van der Waals surface area contributed by atoms with Crippen molar-refractivity contribution < 1.29 is 80.2 Å². The van der Waals surface area contributed by atoms with Gasteiger partial charge in [-0.1, -0.05) is 304 Å². The van der Waals surface area contributed by atoms with Gasteiger partial charge in [0.2, 0.25) is 0 Å². The smallest absolute Gasteiger partial charge is 0.462 e. The lowest BCUT2D eigenvalue weighted by Gasteiger charge is -2.21. The average molecular weight is 1300 g/mol. The van der Waals surface area contributed by atoms with Crippen LogP contribution >= 0.6 is 15.6 Å². The van der Waals surface area contributed by atoms with Crippen LogP contribution in [0.2, 0.25) is 0 Å². The minimum Gasteiger partial charge on any atom is -0.462 e. The fourth-order valence-corrected chi connectivity index (χ4v) is 12.0. The van der Waals surface area contributed by atoms with Crippen molar-refractivity contribution in [2.24, 2.45) is 5.92 Å². The number of unbranched alkanes of at least 4 members (excludes halogenated alkanes) is 41. The maximum absolute atomic E-state index is 13.0. The second-order valence-electron chi connectivity index (χ2n) is 25.4. The lowest BCUT2D eigenvalue weighted by molar-refractivity contribution is -0.161. The third-order valence-electron chi connectivity index (χ3n) is 16.0. The summed E-state index contributed by atoms with van der Waals surface area (Å²) in [7, 11) is -9.89. The summed E-state index contributed by atoms with van der Waals surface area (Å²) < 4.78 is 68.1. The number of aliphatic hydroxyl groups excluding tert-OH is 1. The number of phosphoric ester groups is 2. The van der Waals surface area contributed by atoms with Crippen LogP contribution in [0, 0.1) is 5.92 Å². The number of carbonyl (C=O) groups excluding carboxylic acids is 4. The zero-order valence-corrected chi connectivity index (χ0v) is 58.6. The molecule has 0 radical (unpaired) electrons. The summed E-state index contributed by atoms with van der Waals surface area (Å²) in [5.41, 5.74) is 0. The van der Waals surface area contributed by atoms with E-state index in [2.05, 4.69) is 34.6 Å². The molecule has 0 heterocycles. The van der Waals surface area contributed by atoms with Crippen molar-refractivity contribution >= 4 is 39.5 Å². The van der Waals surface area contributed by atoms with Gasteiger partial charge in [-0.3, -0.25) is 37.3 Å². The summed E-state index contributed by atoms with van der Waals surface area (Å²) in [4.78, 5) is 72.3. The Morgan fingerprint density at radius 2 is 0.523 bits per heavy atom. The van der Waals surface area contributed by atoms with Crippen LogP contribution in [-0.4, -0.2) is 96.7 Å². The van der Waals surface area contributed by atoms with Crippen molar-refractivity contribution in [3.05, 3.63) is 0 Å². The zero-order valence-electron chi connectivity index (χ0n) is 56.9. The van der Waals surface area contributed by atoms with Gasteiger partial charge in [-0.05, 0) is 31.6 Å². The fourth-order valence-electron chi connectivity index (χ4n) is 10.5. The van der Waals surface area contributed by atoms with Crippen molar-refractivity contribution in [2.75, 3.05) is 39.6 Å². The van der Waals surface area contributed by atoms with Crippen molar-refractivity contribution in [1.29, 1.82) is 0 Å². The summed E-state index contributed by atoms with van der Waals surface area (Å²) in [6, 6.07) is 0. The molecule has 0 saturated heterocycles. The van der Waals surface area contributed by atoms with E-state index >= 15 is 0 Å². The van der Waals surface area contributed by atoms with Crippen molar-refractivity contribution in [1.82, 2.24) is 0 Å². The van der Waals surface area contributed by atoms with Crippen molar-refractivity contribution in [3.63, 3.8) is 0 Å². The van der Waals surface area contributed by atoms with Crippen LogP contribution in [0.3, 0.4) is 0 Å². The molecule has 19 heteroatoms. The van der Waals surface area contributed by atoms with E-state index in [0.717, 1.165) is 109 Å². The molecule has 0 fully saturated rings. The van der Waals surface area contributed by atoms with E-state index in [-0.39, 0.29) is 25.7 Å². The van der Waals surface area contributed by atoms with Gasteiger partial charge in [0.05, 0.1) is 26.4 Å². The summed E-state index contributed by atoms with van der Waals surface area (Å²) in [5, 5.41) is 10.5. The van der Waals surface area contributed by atoms with Gasteiger partial charge in [-0.15, -0.1) is 0 Å². The van der Waals surface area contributed by atoms with Crippen molar-refractivity contribution in [3.8, 4) is 0 Å². The van der Waals surface area contributed by atoms with Gasteiger partial charge >= 0.3 is 39.5 Å². The standard InChI is InChI=1S/C69H134O17P2/c1-6-9-12-15-18-21-22-23-24-25-26-27-28-29-30-31-34-40-45-50-55-69(74)86-65(59-80-67(72)53-48-43-39-35-32-33-36-41-46-51-62(4)5)61-84-88(77,78)82-57-63(70)56-81-87(75,76)83-60-64(85-68(73)54-49-44-38-20-17-14-11-8-3)58-79-66(71)52-47-42-37-19-16-13-10-7-2/h62-65,70H,6-61H2,1-5H3,(H,75,76)(H,77,78)/t63-,64+,65+/m0/s1.